The normalized spacial score (nSPS) is 11.3. The van der Waals surface area contributed by atoms with Crippen molar-refractivity contribution in [3.8, 4) is 0 Å². The lowest BCUT2D eigenvalue weighted by molar-refractivity contribution is -0.139. The first-order chi connectivity index (χ1) is 8.78. The van der Waals surface area contributed by atoms with Gasteiger partial charge in [-0.2, -0.15) is 0 Å². The molecule has 1 rings (SSSR count). The van der Waals surface area contributed by atoms with E-state index in [4.69, 9.17) is 5.11 Å². The fourth-order valence-electron chi connectivity index (χ4n) is 1.82. The lowest BCUT2D eigenvalue weighted by Gasteiger charge is -2.21. The van der Waals surface area contributed by atoms with E-state index in [1.165, 1.54) is 0 Å². The van der Waals surface area contributed by atoms with Crippen molar-refractivity contribution in [2.45, 2.75) is 40.0 Å². The van der Waals surface area contributed by atoms with E-state index in [-0.39, 0.29) is 18.7 Å². The van der Waals surface area contributed by atoms with Crippen LogP contribution in [0.15, 0.2) is 5.38 Å². The lowest BCUT2D eigenvalue weighted by atomic mass is 9.85. The van der Waals surface area contributed by atoms with Gasteiger partial charge in [0.15, 0.2) is 0 Å². The van der Waals surface area contributed by atoms with Gasteiger partial charge in [-0.1, -0.05) is 13.8 Å². The Morgan fingerprint density at radius 1 is 1.42 bits per heavy atom. The third-order valence-electron chi connectivity index (χ3n) is 2.64. The van der Waals surface area contributed by atoms with E-state index in [9.17, 15) is 9.59 Å². The van der Waals surface area contributed by atoms with E-state index < -0.39 is 11.4 Å². The maximum Gasteiger partial charge on any atom is 0.303 e. The number of carbonyl (C=O) groups excluding carboxylic acids is 1. The third kappa shape index (κ3) is 6.33. The molecule has 1 heterocycles. The Labute approximate surface area is 117 Å². The zero-order valence-electron chi connectivity index (χ0n) is 11.5. The van der Waals surface area contributed by atoms with Crippen LogP contribution in [-0.4, -0.2) is 28.5 Å². The van der Waals surface area contributed by atoms with Gasteiger partial charge in [0.2, 0.25) is 5.91 Å². The number of nitrogens with one attached hydrogen (secondary N) is 1. The highest BCUT2D eigenvalue weighted by atomic mass is 32.1. The molecule has 1 aromatic heterocycles. The summed E-state index contributed by atoms with van der Waals surface area (Å²) in [5, 5.41) is 14.6. The van der Waals surface area contributed by atoms with E-state index in [1.54, 1.807) is 25.2 Å². The summed E-state index contributed by atoms with van der Waals surface area (Å²) in [4.78, 5) is 26.7. The van der Waals surface area contributed by atoms with Crippen molar-refractivity contribution in [2.75, 3.05) is 6.54 Å². The molecule has 2 N–H and O–H groups in total. The van der Waals surface area contributed by atoms with Crippen LogP contribution in [0.1, 0.15) is 37.4 Å². The minimum absolute atomic E-state index is 0.00823. The molecule has 1 aromatic rings. The van der Waals surface area contributed by atoms with Gasteiger partial charge < -0.3 is 10.4 Å². The third-order valence-corrected chi connectivity index (χ3v) is 3.46. The van der Waals surface area contributed by atoms with Crippen molar-refractivity contribution < 1.29 is 14.7 Å². The first-order valence-corrected chi connectivity index (χ1v) is 7.06. The largest absolute Gasteiger partial charge is 0.481 e. The number of carbonyl (C=O) groups is 2. The summed E-state index contributed by atoms with van der Waals surface area (Å²) in [7, 11) is 0. The fourth-order valence-corrected chi connectivity index (χ4v) is 2.47. The second-order valence-corrected chi connectivity index (χ2v) is 6.43. The van der Waals surface area contributed by atoms with Crippen LogP contribution in [0.4, 0.5) is 0 Å². The number of aliphatic carboxylic acids is 1. The molecule has 19 heavy (non-hydrogen) atoms. The second-order valence-electron chi connectivity index (χ2n) is 5.37. The highest BCUT2D eigenvalue weighted by Crippen LogP contribution is 2.24. The number of rotatable bonds is 7. The van der Waals surface area contributed by atoms with Crippen molar-refractivity contribution in [2.24, 2.45) is 5.41 Å². The van der Waals surface area contributed by atoms with Gasteiger partial charge in [-0.05, 0) is 12.3 Å². The van der Waals surface area contributed by atoms with E-state index in [2.05, 4.69) is 10.3 Å². The van der Waals surface area contributed by atoms with E-state index in [1.807, 2.05) is 12.3 Å². The van der Waals surface area contributed by atoms with Crippen molar-refractivity contribution in [3.05, 3.63) is 16.1 Å². The van der Waals surface area contributed by atoms with Gasteiger partial charge in [-0.15, -0.1) is 11.3 Å². The molecule has 0 aliphatic rings. The maximum atomic E-state index is 11.7. The number of carboxylic acid groups (broad SMARTS) is 1. The summed E-state index contributed by atoms with van der Waals surface area (Å²) in [6.45, 7) is 6.04. The maximum absolute atomic E-state index is 11.7. The molecule has 0 aliphatic heterocycles. The Kier molecular flexibility index (Phi) is 5.47. The number of nitrogens with zero attached hydrogens (tertiary/aromatic N) is 1. The van der Waals surface area contributed by atoms with Crippen LogP contribution < -0.4 is 5.32 Å². The van der Waals surface area contributed by atoms with E-state index in [0.717, 1.165) is 10.7 Å². The summed E-state index contributed by atoms with van der Waals surface area (Å²) in [5.41, 5.74) is 0.459. The van der Waals surface area contributed by atoms with Crippen LogP contribution in [-0.2, 0) is 16.0 Å². The fraction of sp³-hybridized carbons (Fsp3) is 0.615. The molecule has 106 valence electrons. The monoisotopic (exact) mass is 284 g/mol. The first-order valence-electron chi connectivity index (χ1n) is 6.18. The number of hydrogen-bond acceptors (Lipinski definition) is 4. The minimum Gasteiger partial charge on any atom is -0.481 e. The molecule has 1 amide bonds. The van der Waals surface area contributed by atoms with Gasteiger partial charge >= 0.3 is 5.97 Å². The van der Waals surface area contributed by atoms with Crippen molar-refractivity contribution in [1.29, 1.82) is 0 Å². The Morgan fingerprint density at radius 2 is 2.11 bits per heavy atom. The first kappa shape index (κ1) is 15.6. The van der Waals surface area contributed by atoms with Crippen molar-refractivity contribution in [1.82, 2.24) is 10.3 Å². The minimum atomic E-state index is -0.879. The summed E-state index contributed by atoms with van der Waals surface area (Å²) < 4.78 is 0. The zero-order valence-corrected chi connectivity index (χ0v) is 12.3. The Bertz CT molecular complexity index is 454. The van der Waals surface area contributed by atoms with Crippen LogP contribution in [0.3, 0.4) is 0 Å². The average Bonchev–Trinajstić information content (AvgIpc) is 2.61. The molecule has 0 spiro atoms. The molecule has 0 bridgehead atoms. The smallest absolute Gasteiger partial charge is 0.303 e. The van der Waals surface area contributed by atoms with Crippen molar-refractivity contribution in [3.63, 3.8) is 0 Å². The SMILES string of the molecule is Cc1nc(CCNC(=O)CC(C)(C)CC(=O)O)cs1. The molecule has 0 atom stereocenters. The molecule has 0 aliphatic carbocycles. The average molecular weight is 284 g/mol. The van der Waals surface area contributed by atoms with Crippen LogP contribution >= 0.6 is 11.3 Å². The number of aromatic nitrogens is 1. The number of hydrogen-bond donors (Lipinski definition) is 2. The summed E-state index contributed by atoms with van der Waals surface area (Å²) in [6.07, 6.45) is 0.913. The Balaban J connectivity index is 2.29. The van der Waals surface area contributed by atoms with Gasteiger partial charge in [0.05, 0.1) is 17.1 Å². The topological polar surface area (TPSA) is 79.3 Å². The number of thiazole rings is 1. The molecule has 0 radical (unpaired) electrons. The molecule has 5 nitrogen and oxygen atoms in total. The van der Waals surface area contributed by atoms with Gasteiger partial charge in [0.1, 0.15) is 0 Å². The highest BCUT2D eigenvalue weighted by molar-refractivity contribution is 7.09. The number of aryl methyl sites for hydroxylation is 1. The number of amides is 1. The van der Waals surface area contributed by atoms with Gasteiger partial charge in [-0.3, -0.25) is 9.59 Å². The molecule has 0 saturated carbocycles. The Morgan fingerprint density at radius 3 is 2.63 bits per heavy atom. The predicted molar refractivity (Wildman–Crippen MR) is 74.2 cm³/mol. The van der Waals surface area contributed by atoms with Crippen LogP contribution in [0, 0.1) is 12.3 Å². The molecule has 0 saturated heterocycles. The molecule has 0 unspecified atom stereocenters. The molecular weight excluding hydrogens is 264 g/mol. The zero-order chi connectivity index (χ0) is 14.5. The molecule has 0 fully saturated rings. The highest BCUT2D eigenvalue weighted by Gasteiger charge is 2.24. The van der Waals surface area contributed by atoms with Crippen LogP contribution in [0.5, 0.6) is 0 Å². The second kappa shape index (κ2) is 6.65. The molecular formula is C13H20N2O3S. The van der Waals surface area contributed by atoms with Gasteiger partial charge in [0.25, 0.3) is 0 Å². The van der Waals surface area contributed by atoms with Crippen LogP contribution in [0.25, 0.3) is 0 Å². The van der Waals surface area contributed by atoms with Gasteiger partial charge in [-0.25, -0.2) is 4.98 Å². The van der Waals surface area contributed by atoms with Crippen molar-refractivity contribution >= 4 is 23.2 Å². The summed E-state index contributed by atoms with van der Waals surface area (Å²) >= 11 is 1.59. The van der Waals surface area contributed by atoms with Gasteiger partial charge in [0, 0.05) is 24.8 Å². The number of carboxylic acids is 1. The summed E-state index contributed by atoms with van der Waals surface area (Å²) in [5.74, 6) is -0.992. The summed E-state index contributed by atoms with van der Waals surface area (Å²) in [6, 6.07) is 0. The van der Waals surface area contributed by atoms with Crippen LogP contribution in [0.2, 0.25) is 0 Å². The standard InChI is InChI=1S/C13H20N2O3S/c1-9-15-10(8-19-9)4-5-14-11(16)6-13(2,3)7-12(17)18/h8H,4-7H2,1-3H3,(H,14,16)(H,17,18). The molecule has 6 heteroatoms. The quantitative estimate of drug-likeness (QED) is 0.802. The van der Waals surface area contributed by atoms with E-state index in [0.29, 0.717) is 13.0 Å². The lowest BCUT2D eigenvalue weighted by Crippen LogP contribution is -2.31. The predicted octanol–water partition coefficient (Wildman–Crippen LogP) is 2.00. The van der Waals surface area contributed by atoms with E-state index >= 15 is 0 Å². The Hall–Kier alpha value is -1.43. The molecule has 0 aromatic carbocycles.